The van der Waals surface area contributed by atoms with Crippen molar-refractivity contribution < 1.29 is 22.4 Å². The van der Waals surface area contributed by atoms with Gasteiger partial charge in [0.25, 0.3) is 0 Å². The Morgan fingerprint density at radius 3 is 2.18 bits per heavy atom. The first kappa shape index (κ1) is 19.4. The van der Waals surface area contributed by atoms with E-state index in [1.807, 2.05) is 13.8 Å². The largest absolute Gasteiger partial charge is 0.447 e. The van der Waals surface area contributed by atoms with Crippen LogP contribution in [0.4, 0.5) is 4.79 Å². The fraction of sp³-hybridized carbons (Fsp3) is 0.929. The van der Waals surface area contributed by atoms with Crippen LogP contribution in [0.2, 0.25) is 18.1 Å². The Kier molecular flexibility index (Phi) is 5.41. The average molecular weight is 352 g/mol. The predicted octanol–water partition coefficient (Wildman–Crippen LogP) is 2.96. The highest BCUT2D eigenvalue weighted by molar-refractivity contribution is 7.89. The molecule has 0 atom stereocenters. The Labute approximate surface area is 135 Å². The fourth-order valence-electron chi connectivity index (χ4n) is 2.01. The van der Waals surface area contributed by atoms with E-state index in [9.17, 15) is 13.2 Å². The first-order valence-corrected chi connectivity index (χ1v) is 12.1. The van der Waals surface area contributed by atoms with Crippen LogP contribution in [0.1, 0.15) is 41.0 Å². The summed E-state index contributed by atoms with van der Waals surface area (Å²) in [5.74, 6) is -0.121. The normalized spacial score (nSPS) is 17.8. The molecule has 1 amide bonds. The number of hydrogen-bond acceptors (Lipinski definition) is 5. The molecule has 0 aromatic heterocycles. The van der Waals surface area contributed by atoms with E-state index < -0.39 is 30.0 Å². The van der Waals surface area contributed by atoms with Gasteiger partial charge in [0.05, 0.1) is 17.9 Å². The third-order valence-corrected chi connectivity index (χ3v) is 10.8. The lowest BCUT2D eigenvalue weighted by molar-refractivity contribution is 0.0880. The molecule has 0 bridgehead atoms. The van der Waals surface area contributed by atoms with E-state index in [2.05, 4.69) is 33.9 Å². The number of ether oxygens (including phenoxy) is 1. The Morgan fingerprint density at radius 1 is 1.23 bits per heavy atom. The van der Waals surface area contributed by atoms with Crippen molar-refractivity contribution in [3.63, 3.8) is 0 Å². The van der Waals surface area contributed by atoms with E-state index in [4.69, 9.17) is 9.16 Å². The molecular weight excluding hydrogens is 322 g/mol. The zero-order chi connectivity index (χ0) is 17.4. The third-order valence-electron chi connectivity index (χ3n) is 4.36. The van der Waals surface area contributed by atoms with Crippen molar-refractivity contribution in [2.75, 3.05) is 18.9 Å². The molecule has 6 nitrogen and oxygen atoms in total. The van der Waals surface area contributed by atoms with Crippen LogP contribution in [0.5, 0.6) is 0 Å². The van der Waals surface area contributed by atoms with Gasteiger partial charge in [-0.2, -0.15) is 0 Å². The zero-order valence-electron chi connectivity index (χ0n) is 14.7. The first-order chi connectivity index (χ1) is 9.68. The van der Waals surface area contributed by atoms with Gasteiger partial charge >= 0.3 is 6.09 Å². The molecule has 130 valence electrons. The zero-order valence-corrected chi connectivity index (χ0v) is 16.5. The van der Waals surface area contributed by atoms with Crippen molar-refractivity contribution in [3.05, 3.63) is 0 Å². The molecule has 8 heteroatoms. The van der Waals surface area contributed by atoms with Gasteiger partial charge in [0.15, 0.2) is 8.32 Å². The fourth-order valence-corrected chi connectivity index (χ4v) is 5.40. The van der Waals surface area contributed by atoms with Crippen molar-refractivity contribution in [2.24, 2.45) is 0 Å². The van der Waals surface area contributed by atoms with Gasteiger partial charge in [0.1, 0.15) is 6.61 Å². The molecule has 0 aromatic rings. The second-order valence-corrected chi connectivity index (χ2v) is 14.6. The predicted molar refractivity (Wildman–Crippen MR) is 88.8 cm³/mol. The molecule has 1 fully saturated rings. The van der Waals surface area contributed by atoms with Crippen molar-refractivity contribution in [3.8, 4) is 0 Å². The number of hydrogen-bond donors (Lipinski definition) is 0. The molecule has 0 saturated carbocycles. The van der Waals surface area contributed by atoms with Crippen LogP contribution < -0.4 is 0 Å². The van der Waals surface area contributed by atoms with E-state index >= 15 is 0 Å². The molecule has 1 rings (SSSR count). The SMILES string of the molecule is CC(C)(CCS(=O)(=O)N1CCOC1=O)O[Si](C)(C)C(C)(C)C. The molecular formula is C14H29NO5SSi. The summed E-state index contributed by atoms with van der Waals surface area (Å²) in [6.45, 7) is 14.8. The summed E-state index contributed by atoms with van der Waals surface area (Å²) in [6.07, 6.45) is -0.436. The van der Waals surface area contributed by atoms with Crippen molar-refractivity contribution >= 4 is 24.4 Å². The quantitative estimate of drug-likeness (QED) is 0.688. The smallest absolute Gasteiger partial charge is 0.423 e. The highest BCUT2D eigenvalue weighted by atomic mass is 32.2. The van der Waals surface area contributed by atoms with E-state index in [0.717, 1.165) is 4.31 Å². The van der Waals surface area contributed by atoms with Crippen LogP contribution in [-0.2, 0) is 19.2 Å². The van der Waals surface area contributed by atoms with E-state index in [0.29, 0.717) is 6.42 Å². The summed E-state index contributed by atoms with van der Waals surface area (Å²) in [5.41, 5.74) is -0.556. The molecule has 1 aliphatic heterocycles. The van der Waals surface area contributed by atoms with E-state index in [1.165, 1.54) is 0 Å². The van der Waals surface area contributed by atoms with Gasteiger partial charge in [-0.3, -0.25) is 0 Å². The number of rotatable bonds is 6. The third kappa shape index (κ3) is 4.69. The molecule has 0 unspecified atom stereocenters. The Bertz CT molecular complexity index is 522. The van der Waals surface area contributed by atoms with Crippen molar-refractivity contribution in [1.82, 2.24) is 4.31 Å². The maximum Gasteiger partial charge on any atom is 0.423 e. The Balaban J connectivity index is 2.71. The summed E-state index contributed by atoms with van der Waals surface area (Å²) in [4.78, 5) is 11.4. The molecule has 0 aromatic carbocycles. The van der Waals surface area contributed by atoms with Crippen LogP contribution in [0, 0.1) is 0 Å². The number of carbonyl (C=O) groups excluding carboxylic acids is 1. The minimum Gasteiger partial charge on any atom is -0.447 e. The summed E-state index contributed by atoms with van der Waals surface area (Å²) in [7, 11) is -5.62. The van der Waals surface area contributed by atoms with Crippen molar-refractivity contribution in [2.45, 2.75) is 64.8 Å². The topological polar surface area (TPSA) is 72.9 Å². The van der Waals surface area contributed by atoms with Crippen LogP contribution in [-0.4, -0.2) is 51.6 Å². The molecule has 0 spiro atoms. The van der Waals surface area contributed by atoms with Crippen LogP contribution >= 0.6 is 0 Å². The minimum atomic E-state index is -3.64. The lowest BCUT2D eigenvalue weighted by Gasteiger charge is -2.43. The monoisotopic (exact) mass is 351 g/mol. The van der Waals surface area contributed by atoms with Gasteiger partial charge in [-0.15, -0.1) is 0 Å². The molecule has 22 heavy (non-hydrogen) atoms. The van der Waals surface area contributed by atoms with Gasteiger partial charge in [0.2, 0.25) is 10.0 Å². The molecule has 1 aliphatic rings. The van der Waals surface area contributed by atoms with Crippen LogP contribution in [0.15, 0.2) is 0 Å². The van der Waals surface area contributed by atoms with Gasteiger partial charge in [-0.1, -0.05) is 20.8 Å². The number of cyclic esters (lactones) is 1. The van der Waals surface area contributed by atoms with Gasteiger partial charge in [-0.05, 0) is 38.4 Å². The van der Waals surface area contributed by atoms with Gasteiger partial charge < -0.3 is 9.16 Å². The number of nitrogens with zero attached hydrogens (tertiary/aromatic N) is 1. The average Bonchev–Trinajstić information content (AvgIpc) is 2.71. The summed E-state index contributed by atoms with van der Waals surface area (Å²) in [5, 5.41) is 0.0574. The first-order valence-electron chi connectivity index (χ1n) is 7.55. The summed E-state index contributed by atoms with van der Waals surface area (Å²) < 4.78 is 36.3. The Hall–Kier alpha value is -0.603. The number of amides is 1. The molecule has 1 heterocycles. The summed E-state index contributed by atoms with van der Waals surface area (Å²) >= 11 is 0. The minimum absolute atomic E-state index is 0.0574. The molecule has 0 radical (unpaired) electrons. The van der Waals surface area contributed by atoms with E-state index in [1.54, 1.807) is 0 Å². The van der Waals surface area contributed by atoms with Crippen molar-refractivity contribution in [1.29, 1.82) is 0 Å². The van der Waals surface area contributed by atoms with Crippen LogP contribution in [0.25, 0.3) is 0 Å². The van der Waals surface area contributed by atoms with Gasteiger partial charge in [0, 0.05) is 0 Å². The second-order valence-electron chi connectivity index (χ2n) is 7.87. The molecule has 0 N–H and O–H groups in total. The maximum atomic E-state index is 12.2. The Morgan fingerprint density at radius 2 is 1.77 bits per heavy atom. The number of carbonyl (C=O) groups is 1. The highest BCUT2D eigenvalue weighted by Crippen LogP contribution is 2.39. The number of sulfonamides is 1. The lowest BCUT2D eigenvalue weighted by Crippen LogP contribution is -2.48. The van der Waals surface area contributed by atoms with E-state index in [-0.39, 0.29) is 23.9 Å². The second kappa shape index (κ2) is 6.12. The molecule has 1 saturated heterocycles. The molecule has 0 aliphatic carbocycles. The highest BCUT2D eigenvalue weighted by Gasteiger charge is 2.42. The van der Waals surface area contributed by atoms with Crippen LogP contribution in [0.3, 0.4) is 0 Å². The standard InChI is InChI=1S/C14H29NO5SSi/c1-13(2,3)22(6,7)20-14(4,5)8-11-21(17,18)15-9-10-19-12(15)16/h8-11H2,1-7H3. The maximum absolute atomic E-state index is 12.2. The van der Waals surface area contributed by atoms with Gasteiger partial charge in [-0.25, -0.2) is 17.5 Å². The summed E-state index contributed by atoms with van der Waals surface area (Å²) in [6, 6.07) is 0. The lowest BCUT2D eigenvalue weighted by atomic mass is 10.1.